The molecule has 2 atom stereocenters. The zero-order valence-corrected chi connectivity index (χ0v) is 14.0. The third kappa shape index (κ3) is 3.91. The van der Waals surface area contributed by atoms with Crippen molar-refractivity contribution >= 4 is 23.6 Å². The van der Waals surface area contributed by atoms with Crippen LogP contribution in [0.3, 0.4) is 0 Å². The maximum Gasteiger partial charge on any atom is 0.411 e. The molecular weight excluding hydrogens is 304 g/mol. The lowest BCUT2D eigenvalue weighted by molar-refractivity contribution is -0.130. The van der Waals surface area contributed by atoms with E-state index in [1.54, 1.807) is 45.0 Å². The topological polar surface area (TPSA) is 58.6 Å². The molecule has 1 N–H and O–H groups in total. The molecular formula is C16H21ClN2O3. The third-order valence-electron chi connectivity index (χ3n) is 3.21. The molecule has 0 radical (unpaired) electrons. The van der Waals surface area contributed by atoms with Crippen LogP contribution in [0, 0.1) is 0 Å². The lowest BCUT2D eigenvalue weighted by Crippen LogP contribution is -2.57. The van der Waals surface area contributed by atoms with E-state index in [-0.39, 0.29) is 11.9 Å². The number of ether oxygens (including phenoxy) is 1. The van der Waals surface area contributed by atoms with Crippen LogP contribution in [-0.4, -0.2) is 35.1 Å². The van der Waals surface area contributed by atoms with Gasteiger partial charge in [-0.2, -0.15) is 0 Å². The van der Waals surface area contributed by atoms with Gasteiger partial charge < -0.3 is 10.1 Å². The molecule has 0 aromatic heterocycles. The molecule has 2 rings (SSSR count). The number of rotatable bonds is 1. The highest BCUT2D eigenvalue weighted by Crippen LogP contribution is 2.28. The minimum Gasteiger partial charge on any atom is -0.444 e. The van der Waals surface area contributed by atoms with Gasteiger partial charge in [0.15, 0.2) is 0 Å². The smallest absolute Gasteiger partial charge is 0.411 e. The monoisotopic (exact) mass is 324 g/mol. The van der Waals surface area contributed by atoms with Crippen molar-refractivity contribution in [3.63, 3.8) is 0 Å². The largest absolute Gasteiger partial charge is 0.444 e. The number of nitrogens with one attached hydrogen (secondary N) is 1. The molecule has 0 aliphatic carbocycles. The first-order chi connectivity index (χ1) is 10.2. The number of hydrogen-bond donors (Lipinski definition) is 1. The van der Waals surface area contributed by atoms with Gasteiger partial charge in [-0.25, -0.2) is 4.79 Å². The average molecular weight is 325 g/mol. The van der Waals surface area contributed by atoms with Crippen LogP contribution in [0.5, 0.6) is 0 Å². The summed E-state index contributed by atoms with van der Waals surface area (Å²) in [6.07, 6.45) is -0.501. The number of carbonyl (C=O) groups excluding carboxylic acids is 2. The SMILES string of the molecule is C[C@@H]1CN(C(=O)OC(C)(C)C)C(c2cccc(Cl)c2)C(=O)N1. The molecule has 1 fully saturated rings. The van der Waals surface area contributed by atoms with Crippen molar-refractivity contribution in [2.45, 2.75) is 45.4 Å². The van der Waals surface area contributed by atoms with Gasteiger partial charge in [-0.05, 0) is 45.4 Å². The van der Waals surface area contributed by atoms with Gasteiger partial charge in [0.25, 0.3) is 0 Å². The normalized spacial score (nSPS) is 22.2. The van der Waals surface area contributed by atoms with Crippen molar-refractivity contribution in [2.75, 3.05) is 6.54 Å². The fourth-order valence-electron chi connectivity index (χ4n) is 2.42. The molecule has 0 saturated carbocycles. The second kappa shape index (κ2) is 6.16. The molecule has 6 heteroatoms. The number of nitrogens with zero attached hydrogens (tertiary/aromatic N) is 1. The van der Waals surface area contributed by atoms with Gasteiger partial charge in [0, 0.05) is 17.6 Å². The van der Waals surface area contributed by atoms with Crippen LogP contribution < -0.4 is 5.32 Å². The molecule has 1 aliphatic rings. The molecule has 0 bridgehead atoms. The van der Waals surface area contributed by atoms with Crippen molar-refractivity contribution in [3.8, 4) is 0 Å². The average Bonchev–Trinajstić information content (AvgIpc) is 2.35. The Morgan fingerprint density at radius 1 is 1.41 bits per heavy atom. The number of amides is 2. The Balaban J connectivity index is 2.34. The van der Waals surface area contributed by atoms with Gasteiger partial charge in [-0.3, -0.25) is 9.69 Å². The number of halogens is 1. The van der Waals surface area contributed by atoms with Crippen LogP contribution in [-0.2, 0) is 9.53 Å². The Labute approximate surface area is 135 Å². The predicted octanol–water partition coefficient (Wildman–Crippen LogP) is 3.14. The molecule has 1 aromatic carbocycles. The minimum atomic E-state index is -0.732. The van der Waals surface area contributed by atoms with Gasteiger partial charge in [0.05, 0.1) is 0 Å². The summed E-state index contributed by atoms with van der Waals surface area (Å²) in [5.41, 5.74) is 0.0513. The molecule has 1 unspecified atom stereocenters. The standard InChI is InChI=1S/C16H21ClN2O3/c1-10-9-19(15(21)22-16(2,3)4)13(14(20)18-10)11-6-5-7-12(17)8-11/h5-8,10,13H,9H2,1-4H3,(H,18,20)/t10-,13?/m1/s1. The van der Waals surface area contributed by atoms with Crippen LogP contribution in [0.25, 0.3) is 0 Å². The number of piperazine rings is 1. The summed E-state index contributed by atoms with van der Waals surface area (Å²) in [4.78, 5) is 26.3. The van der Waals surface area contributed by atoms with Crippen molar-refractivity contribution in [3.05, 3.63) is 34.9 Å². The van der Waals surface area contributed by atoms with E-state index in [1.165, 1.54) is 4.90 Å². The Bertz CT molecular complexity index is 583. The molecule has 1 heterocycles. The van der Waals surface area contributed by atoms with Crippen LogP contribution >= 0.6 is 11.6 Å². The summed E-state index contributed by atoms with van der Waals surface area (Å²) >= 11 is 6.01. The number of hydrogen-bond acceptors (Lipinski definition) is 3. The molecule has 1 aromatic rings. The first-order valence-corrected chi connectivity index (χ1v) is 7.60. The minimum absolute atomic E-state index is 0.129. The van der Waals surface area contributed by atoms with Crippen LogP contribution in [0.2, 0.25) is 5.02 Å². The molecule has 120 valence electrons. The summed E-state index contributed by atoms with van der Waals surface area (Å²) in [6.45, 7) is 7.63. The highest BCUT2D eigenvalue weighted by atomic mass is 35.5. The number of carbonyl (C=O) groups is 2. The van der Waals surface area contributed by atoms with Gasteiger partial charge >= 0.3 is 6.09 Å². The van der Waals surface area contributed by atoms with Crippen molar-refractivity contribution in [2.24, 2.45) is 0 Å². The molecule has 2 amide bonds. The van der Waals surface area contributed by atoms with Crippen LogP contribution in [0.15, 0.2) is 24.3 Å². The predicted molar refractivity (Wildman–Crippen MR) is 84.7 cm³/mol. The maximum atomic E-state index is 12.5. The fourth-order valence-corrected chi connectivity index (χ4v) is 2.62. The zero-order chi connectivity index (χ0) is 16.5. The van der Waals surface area contributed by atoms with Crippen molar-refractivity contribution < 1.29 is 14.3 Å². The number of benzene rings is 1. The maximum absolute atomic E-state index is 12.5. The molecule has 1 saturated heterocycles. The summed E-state index contributed by atoms with van der Waals surface area (Å²) in [6, 6.07) is 6.10. The van der Waals surface area contributed by atoms with E-state index in [0.717, 1.165) is 0 Å². The zero-order valence-electron chi connectivity index (χ0n) is 13.2. The summed E-state index contributed by atoms with van der Waals surface area (Å²) in [5.74, 6) is -0.230. The lowest BCUT2D eigenvalue weighted by Gasteiger charge is -2.39. The Kier molecular flexibility index (Phi) is 4.66. The van der Waals surface area contributed by atoms with Gasteiger partial charge in [0.2, 0.25) is 5.91 Å². The Morgan fingerprint density at radius 3 is 2.68 bits per heavy atom. The lowest BCUT2D eigenvalue weighted by atomic mass is 10.0. The second-order valence-corrected chi connectivity index (χ2v) is 6.94. The second-order valence-electron chi connectivity index (χ2n) is 6.50. The summed E-state index contributed by atoms with van der Waals surface area (Å²) in [5, 5.41) is 3.38. The highest BCUT2D eigenvalue weighted by molar-refractivity contribution is 6.30. The van der Waals surface area contributed by atoms with Gasteiger partial charge in [-0.15, -0.1) is 0 Å². The van der Waals surface area contributed by atoms with E-state index in [1.807, 2.05) is 6.92 Å². The van der Waals surface area contributed by atoms with Crippen molar-refractivity contribution in [1.29, 1.82) is 0 Å². The van der Waals surface area contributed by atoms with Crippen LogP contribution in [0.4, 0.5) is 4.79 Å². The first-order valence-electron chi connectivity index (χ1n) is 7.23. The quantitative estimate of drug-likeness (QED) is 0.863. The highest BCUT2D eigenvalue weighted by Gasteiger charge is 2.39. The summed E-state index contributed by atoms with van der Waals surface area (Å²) in [7, 11) is 0. The summed E-state index contributed by atoms with van der Waals surface area (Å²) < 4.78 is 5.43. The Hall–Kier alpha value is -1.75. The van der Waals surface area contributed by atoms with Crippen molar-refractivity contribution in [1.82, 2.24) is 10.2 Å². The van der Waals surface area contributed by atoms with Crippen LogP contribution in [0.1, 0.15) is 39.3 Å². The molecule has 1 aliphatic heterocycles. The van der Waals surface area contributed by atoms with E-state index in [9.17, 15) is 9.59 Å². The van der Waals surface area contributed by atoms with E-state index in [2.05, 4.69) is 5.32 Å². The molecule has 5 nitrogen and oxygen atoms in total. The Morgan fingerprint density at radius 2 is 2.09 bits per heavy atom. The first kappa shape index (κ1) is 16.6. The van der Waals surface area contributed by atoms with Gasteiger partial charge in [-0.1, -0.05) is 23.7 Å². The molecule has 0 spiro atoms. The molecule has 22 heavy (non-hydrogen) atoms. The van der Waals surface area contributed by atoms with E-state index in [4.69, 9.17) is 16.3 Å². The van der Waals surface area contributed by atoms with E-state index < -0.39 is 17.7 Å². The van der Waals surface area contributed by atoms with E-state index >= 15 is 0 Å². The van der Waals surface area contributed by atoms with E-state index in [0.29, 0.717) is 17.1 Å². The third-order valence-corrected chi connectivity index (χ3v) is 3.45. The fraction of sp³-hybridized carbons (Fsp3) is 0.500. The van der Waals surface area contributed by atoms with Gasteiger partial charge in [0.1, 0.15) is 11.6 Å².